The molecule has 0 unspecified atom stereocenters. The molecule has 1 aliphatic heterocycles. The van der Waals surface area contributed by atoms with Crippen LogP contribution >= 0.6 is 24.0 Å². The van der Waals surface area contributed by atoms with Gasteiger partial charge in [0.05, 0.1) is 17.0 Å². The smallest absolute Gasteiger partial charge is 0.416 e. The minimum absolute atomic E-state index is 0.163. The highest BCUT2D eigenvalue weighted by Crippen LogP contribution is 2.36. The minimum Gasteiger partial charge on any atom is -0.457 e. The highest BCUT2D eigenvalue weighted by molar-refractivity contribution is 8.26. The number of carbonyl (C=O) groups excluding carboxylic acids is 2. The zero-order chi connectivity index (χ0) is 23.8. The molecule has 0 bridgehead atoms. The maximum Gasteiger partial charge on any atom is 0.416 e. The van der Waals surface area contributed by atoms with Crippen LogP contribution in [0, 0.1) is 0 Å². The molecule has 0 spiro atoms. The number of amides is 2. The van der Waals surface area contributed by atoms with Crippen LogP contribution in [0.1, 0.15) is 27.2 Å². The summed E-state index contributed by atoms with van der Waals surface area (Å²) in [5.74, 6) is -0.368. The number of thiocarbonyl (C=S) groups is 1. The predicted octanol–water partition coefficient (Wildman–Crippen LogP) is 5.47. The molecule has 1 aromatic heterocycles. The number of alkyl halides is 3. The SMILES string of the molecule is NC(=O)c1cccc(CN2C(=O)C(=Cc3ccc(-c4cccc(C(F)(F)F)c4)o3)SC2=S)c1. The van der Waals surface area contributed by atoms with Gasteiger partial charge in [-0.25, -0.2) is 0 Å². The molecule has 4 rings (SSSR count). The van der Waals surface area contributed by atoms with Gasteiger partial charge in [-0.3, -0.25) is 14.5 Å². The Bertz CT molecular complexity index is 1300. The third kappa shape index (κ3) is 5.01. The summed E-state index contributed by atoms with van der Waals surface area (Å²) in [6.07, 6.45) is -2.97. The fraction of sp³-hybridized carbons (Fsp3) is 0.0870. The summed E-state index contributed by atoms with van der Waals surface area (Å²) in [7, 11) is 0. The molecule has 2 aromatic carbocycles. The van der Waals surface area contributed by atoms with Crippen LogP contribution in [0.5, 0.6) is 0 Å². The zero-order valence-electron chi connectivity index (χ0n) is 16.8. The Morgan fingerprint density at radius 1 is 1.12 bits per heavy atom. The maximum atomic E-state index is 13.0. The fourth-order valence-corrected chi connectivity index (χ4v) is 4.44. The topological polar surface area (TPSA) is 76.5 Å². The Balaban J connectivity index is 1.53. The van der Waals surface area contributed by atoms with Crippen molar-refractivity contribution < 1.29 is 27.2 Å². The molecule has 0 saturated carbocycles. The fourth-order valence-electron chi connectivity index (χ4n) is 3.21. The average molecular weight is 489 g/mol. The standard InChI is InChI=1S/C23H15F3N2O3S2/c24-23(25,26)16-6-2-4-14(10-16)18-8-7-17(31-18)11-19-21(30)28(22(32)33-19)12-13-3-1-5-15(9-13)20(27)29/h1-11H,12H2,(H2,27,29). The van der Waals surface area contributed by atoms with Crippen molar-refractivity contribution in [1.82, 2.24) is 4.90 Å². The third-order valence-electron chi connectivity index (χ3n) is 4.80. The molecule has 3 aromatic rings. The van der Waals surface area contributed by atoms with Gasteiger partial charge in [0.25, 0.3) is 5.91 Å². The van der Waals surface area contributed by atoms with Gasteiger partial charge in [-0.05, 0) is 42.0 Å². The normalized spacial score (nSPS) is 15.5. The monoisotopic (exact) mass is 488 g/mol. The summed E-state index contributed by atoms with van der Waals surface area (Å²) in [5, 5.41) is 0. The molecule has 2 heterocycles. The van der Waals surface area contributed by atoms with Gasteiger partial charge in [0, 0.05) is 17.2 Å². The van der Waals surface area contributed by atoms with Crippen LogP contribution in [-0.4, -0.2) is 21.0 Å². The first kappa shape index (κ1) is 22.8. The molecule has 2 amide bonds. The van der Waals surface area contributed by atoms with Gasteiger partial charge < -0.3 is 10.2 Å². The van der Waals surface area contributed by atoms with Gasteiger partial charge in [-0.15, -0.1) is 0 Å². The van der Waals surface area contributed by atoms with Crippen LogP contribution in [0.2, 0.25) is 0 Å². The Hall–Kier alpha value is -3.37. The predicted molar refractivity (Wildman–Crippen MR) is 123 cm³/mol. The molecule has 0 radical (unpaired) electrons. The average Bonchev–Trinajstić information content (AvgIpc) is 3.34. The number of hydrogen-bond donors (Lipinski definition) is 1. The van der Waals surface area contributed by atoms with Crippen molar-refractivity contribution in [2.45, 2.75) is 12.7 Å². The lowest BCUT2D eigenvalue weighted by molar-refractivity contribution is -0.137. The first-order chi connectivity index (χ1) is 15.6. The van der Waals surface area contributed by atoms with E-state index in [2.05, 4.69) is 0 Å². The molecule has 1 saturated heterocycles. The number of furan rings is 1. The van der Waals surface area contributed by atoms with Crippen LogP contribution in [0.25, 0.3) is 17.4 Å². The Labute approximate surface area is 196 Å². The number of nitrogens with two attached hydrogens (primary N) is 1. The number of nitrogens with zero attached hydrogens (tertiary/aromatic N) is 1. The Morgan fingerprint density at radius 3 is 2.61 bits per heavy atom. The van der Waals surface area contributed by atoms with Crippen molar-refractivity contribution >= 4 is 46.2 Å². The second-order valence-electron chi connectivity index (χ2n) is 7.11. The van der Waals surface area contributed by atoms with E-state index < -0.39 is 17.6 Å². The molecular weight excluding hydrogens is 473 g/mol. The van der Waals surface area contributed by atoms with Crippen molar-refractivity contribution in [3.05, 3.63) is 88.0 Å². The second-order valence-corrected chi connectivity index (χ2v) is 8.79. The maximum absolute atomic E-state index is 13.0. The summed E-state index contributed by atoms with van der Waals surface area (Å²) >= 11 is 6.41. The van der Waals surface area contributed by atoms with Gasteiger partial charge in [-0.1, -0.05) is 48.2 Å². The molecule has 0 atom stereocenters. The number of hydrogen-bond acceptors (Lipinski definition) is 5. The van der Waals surface area contributed by atoms with Crippen molar-refractivity contribution in [3.63, 3.8) is 0 Å². The third-order valence-corrected chi connectivity index (χ3v) is 6.18. The van der Waals surface area contributed by atoms with Gasteiger partial charge in [0.15, 0.2) is 0 Å². The van der Waals surface area contributed by atoms with Crippen molar-refractivity contribution in [2.75, 3.05) is 0 Å². The zero-order valence-corrected chi connectivity index (χ0v) is 18.4. The number of thioether (sulfide) groups is 1. The molecule has 10 heteroatoms. The van der Waals surface area contributed by atoms with Crippen LogP contribution in [0.15, 0.2) is 70.0 Å². The van der Waals surface area contributed by atoms with Gasteiger partial charge >= 0.3 is 6.18 Å². The van der Waals surface area contributed by atoms with E-state index in [1.807, 2.05) is 0 Å². The molecule has 33 heavy (non-hydrogen) atoms. The van der Waals surface area contributed by atoms with E-state index in [-0.39, 0.29) is 23.8 Å². The van der Waals surface area contributed by atoms with E-state index in [1.165, 1.54) is 29.2 Å². The van der Waals surface area contributed by atoms with Crippen LogP contribution in [0.4, 0.5) is 13.2 Å². The van der Waals surface area contributed by atoms with E-state index in [1.54, 1.807) is 30.3 Å². The van der Waals surface area contributed by atoms with E-state index in [9.17, 15) is 22.8 Å². The summed E-state index contributed by atoms with van der Waals surface area (Å²) < 4.78 is 44.9. The number of rotatable bonds is 5. The Morgan fingerprint density at radius 2 is 1.88 bits per heavy atom. The van der Waals surface area contributed by atoms with Crippen molar-refractivity contribution in [3.8, 4) is 11.3 Å². The van der Waals surface area contributed by atoms with Crippen LogP contribution < -0.4 is 5.73 Å². The summed E-state index contributed by atoms with van der Waals surface area (Å²) in [4.78, 5) is 26.0. The molecule has 1 fully saturated rings. The summed E-state index contributed by atoms with van der Waals surface area (Å²) in [5.41, 5.74) is 5.81. The lowest BCUT2D eigenvalue weighted by Gasteiger charge is -2.14. The lowest BCUT2D eigenvalue weighted by atomic mass is 10.1. The molecule has 168 valence electrons. The number of benzene rings is 2. The highest BCUT2D eigenvalue weighted by Gasteiger charge is 2.33. The van der Waals surface area contributed by atoms with E-state index in [4.69, 9.17) is 22.4 Å². The van der Waals surface area contributed by atoms with Crippen molar-refractivity contribution in [1.29, 1.82) is 0 Å². The van der Waals surface area contributed by atoms with Crippen molar-refractivity contribution in [2.24, 2.45) is 5.73 Å². The van der Waals surface area contributed by atoms with E-state index in [0.29, 0.717) is 26.1 Å². The molecule has 0 aliphatic carbocycles. The number of carbonyl (C=O) groups is 2. The van der Waals surface area contributed by atoms with Gasteiger partial charge in [-0.2, -0.15) is 13.2 Å². The van der Waals surface area contributed by atoms with Crippen LogP contribution in [0.3, 0.4) is 0 Å². The lowest BCUT2D eigenvalue weighted by Crippen LogP contribution is -2.27. The van der Waals surface area contributed by atoms with Gasteiger partial charge in [0.1, 0.15) is 15.8 Å². The van der Waals surface area contributed by atoms with E-state index in [0.717, 1.165) is 23.9 Å². The molecule has 2 N–H and O–H groups in total. The summed E-state index contributed by atoms with van der Waals surface area (Å²) in [6, 6.07) is 14.5. The first-order valence-corrected chi connectivity index (χ1v) is 10.8. The summed E-state index contributed by atoms with van der Waals surface area (Å²) in [6.45, 7) is 0.163. The number of primary amides is 1. The number of halogens is 3. The molecular formula is C23H15F3N2O3S2. The second kappa shape index (κ2) is 8.87. The molecule has 1 aliphatic rings. The van der Waals surface area contributed by atoms with Gasteiger partial charge in [0.2, 0.25) is 5.91 Å². The van der Waals surface area contributed by atoms with E-state index >= 15 is 0 Å². The largest absolute Gasteiger partial charge is 0.457 e. The molecule has 5 nitrogen and oxygen atoms in total. The first-order valence-electron chi connectivity index (χ1n) is 9.53. The quantitative estimate of drug-likeness (QED) is 0.381. The van der Waals surface area contributed by atoms with Crippen LogP contribution in [-0.2, 0) is 17.5 Å². The minimum atomic E-state index is -4.46. The highest BCUT2D eigenvalue weighted by atomic mass is 32.2. The Kier molecular flexibility index (Phi) is 6.13.